The van der Waals surface area contributed by atoms with E-state index in [1.54, 1.807) is 0 Å². The average molecular weight is 272 g/mol. The molecular weight excluding hydrogens is 244 g/mol. The van der Waals surface area contributed by atoms with Gasteiger partial charge in [0.15, 0.2) is 0 Å². The van der Waals surface area contributed by atoms with E-state index < -0.39 is 0 Å². The lowest BCUT2D eigenvalue weighted by atomic mass is 9.95. The summed E-state index contributed by atoms with van der Waals surface area (Å²) >= 11 is 0. The van der Waals surface area contributed by atoms with Crippen molar-refractivity contribution in [3.05, 3.63) is 29.3 Å². The smallest absolute Gasteiger partial charge is 0.0369 e. The molecule has 1 aromatic carbocycles. The molecule has 0 bridgehead atoms. The van der Waals surface area contributed by atoms with Gasteiger partial charge in [-0.3, -0.25) is 0 Å². The summed E-state index contributed by atoms with van der Waals surface area (Å²) in [6.45, 7) is 8.10. The first-order valence-corrected chi connectivity index (χ1v) is 8.34. The van der Waals surface area contributed by atoms with Crippen molar-refractivity contribution in [3.8, 4) is 0 Å². The molecule has 1 heterocycles. The van der Waals surface area contributed by atoms with Crippen molar-refractivity contribution in [3.63, 3.8) is 0 Å². The summed E-state index contributed by atoms with van der Waals surface area (Å²) in [5.74, 6) is 0.889. The first-order valence-electron chi connectivity index (χ1n) is 8.34. The van der Waals surface area contributed by atoms with Crippen LogP contribution >= 0.6 is 0 Å². The second kappa shape index (κ2) is 6.17. The minimum atomic E-state index is 0.793. The molecule has 1 aromatic rings. The van der Waals surface area contributed by atoms with E-state index in [1.165, 1.54) is 62.0 Å². The summed E-state index contributed by atoms with van der Waals surface area (Å²) in [5.41, 5.74) is 4.33. The lowest BCUT2D eigenvalue weighted by molar-refractivity contribution is 0.404. The minimum Gasteiger partial charge on any atom is -0.371 e. The van der Waals surface area contributed by atoms with Gasteiger partial charge < -0.3 is 10.2 Å². The SMILES string of the molecule is CCC1CCCN(c2ccc(CNC3CC3)c(C)c2)C1. The molecule has 2 nitrogen and oxygen atoms in total. The first kappa shape index (κ1) is 13.9. The molecule has 2 aliphatic rings. The fourth-order valence-corrected chi connectivity index (χ4v) is 3.25. The molecule has 2 heteroatoms. The van der Waals surface area contributed by atoms with Crippen molar-refractivity contribution in [1.29, 1.82) is 0 Å². The van der Waals surface area contributed by atoms with Crippen LogP contribution < -0.4 is 10.2 Å². The quantitative estimate of drug-likeness (QED) is 0.875. The first-order chi connectivity index (χ1) is 9.76. The number of anilines is 1. The van der Waals surface area contributed by atoms with Crippen LogP contribution in [0.25, 0.3) is 0 Å². The van der Waals surface area contributed by atoms with Crippen molar-refractivity contribution in [2.75, 3.05) is 18.0 Å². The second-order valence-electron chi connectivity index (χ2n) is 6.63. The van der Waals surface area contributed by atoms with E-state index in [0.717, 1.165) is 18.5 Å². The van der Waals surface area contributed by atoms with E-state index >= 15 is 0 Å². The van der Waals surface area contributed by atoms with Crippen molar-refractivity contribution >= 4 is 5.69 Å². The van der Waals surface area contributed by atoms with E-state index in [9.17, 15) is 0 Å². The fraction of sp³-hybridized carbons (Fsp3) is 0.667. The largest absolute Gasteiger partial charge is 0.371 e. The molecule has 1 aliphatic heterocycles. The van der Waals surface area contributed by atoms with Gasteiger partial charge in [-0.15, -0.1) is 0 Å². The van der Waals surface area contributed by atoms with Crippen LogP contribution in [0.15, 0.2) is 18.2 Å². The normalized spacial score (nSPS) is 23.1. The number of nitrogens with zero attached hydrogens (tertiary/aromatic N) is 1. The number of benzene rings is 1. The Kier molecular flexibility index (Phi) is 4.30. The van der Waals surface area contributed by atoms with Crippen molar-refractivity contribution < 1.29 is 0 Å². The predicted molar refractivity (Wildman–Crippen MR) is 86.3 cm³/mol. The molecule has 2 fully saturated rings. The maximum atomic E-state index is 3.62. The Labute approximate surface area is 123 Å². The van der Waals surface area contributed by atoms with Gasteiger partial charge in [0.05, 0.1) is 0 Å². The summed E-state index contributed by atoms with van der Waals surface area (Å²) in [6.07, 6.45) is 6.81. The molecule has 3 rings (SSSR count). The van der Waals surface area contributed by atoms with Gasteiger partial charge in [0, 0.05) is 31.4 Å². The standard InChI is InChI=1S/C18H28N2/c1-3-15-5-4-10-20(13-15)18-9-6-16(14(2)11-18)12-19-17-7-8-17/h6,9,11,15,17,19H,3-5,7-8,10,12-13H2,1-2H3. The average Bonchev–Trinajstić information content (AvgIpc) is 3.30. The van der Waals surface area contributed by atoms with Gasteiger partial charge in [-0.1, -0.05) is 19.4 Å². The molecule has 0 spiro atoms. The highest BCUT2D eigenvalue weighted by Crippen LogP contribution is 2.27. The molecule has 20 heavy (non-hydrogen) atoms. The van der Waals surface area contributed by atoms with Gasteiger partial charge in [0.2, 0.25) is 0 Å². The monoisotopic (exact) mass is 272 g/mol. The Hall–Kier alpha value is -1.02. The Morgan fingerprint density at radius 3 is 2.80 bits per heavy atom. The van der Waals surface area contributed by atoms with E-state index in [-0.39, 0.29) is 0 Å². The summed E-state index contributed by atoms with van der Waals surface area (Å²) in [5, 5.41) is 3.62. The van der Waals surface area contributed by atoms with Crippen molar-refractivity contribution in [2.24, 2.45) is 5.92 Å². The van der Waals surface area contributed by atoms with Crippen LogP contribution in [0.1, 0.15) is 50.2 Å². The topological polar surface area (TPSA) is 15.3 Å². The van der Waals surface area contributed by atoms with Crippen molar-refractivity contribution in [2.45, 2.75) is 58.5 Å². The highest BCUT2D eigenvalue weighted by Gasteiger charge is 2.21. The zero-order chi connectivity index (χ0) is 13.9. The van der Waals surface area contributed by atoms with E-state index in [2.05, 4.69) is 42.3 Å². The van der Waals surface area contributed by atoms with Gasteiger partial charge in [0.1, 0.15) is 0 Å². The summed E-state index contributed by atoms with van der Waals surface area (Å²) in [4.78, 5) is 2.59. The molecule has 1 aliphatic carbocycles. The Morgan fingerprint density at radius 2 is 2.10 bits per heavy atom. The molecule has 1 saturated carbocycles. The zero-order valence-corrected chi connectivity index (χ0v) is 13.0. The molecule has 0 amide bonds. The zero-order valence-electron chi connectivity index (χ0n) is 13.0. The number of nitrogens with one attached hydrogen (secondary N) is 1. The third-order valence-corrected chi connectivity index (χ3v) is 4.95. The lowest BCUT2D eigenvalue weighted by Crippen LogP contribution is -2.35. The van der Waals surface area contributed by atoms with E-state index in [4.69, 9.17) is 0 Å². The fourth-order valence-electron chi connectivity index (χ4n) is 3.25. The van der Waals surface area contributed by atoms with Crippen LogP contribution in [0, 0.1) is 12.8 Å². The molecule has 0 radical (unpaired) electrons. The van der Waals surface area contributed by atoms with Crippen LogP contribution in [0.5, 0.6) is 0 Å². The molecule has 1 atom stereocenters. The molecule has 1 saturated heterocycles. The Bertz CT molecular complexity index is 451. The second-order valence-corrected chi connectivity index (χ2v) is 6.63. The Balaban J connectivity index is 1.65. The molecule has 110 valence electrons. The molecular formula is C18H28N2. The van der Waals surface area contributed by atoms with Crippen LogP contribution in [-0.4, -0.2) is 19.1 Å². The van der Waals surface area contributed by atoms with Crippen molar-refractivity contribution in [1.82, 2.24) is 5.32 Å². The predicted octanol–water partition coefficient (Wildman–Crippen LogP) is 3.87. The number of rotatable bonds is 5. The number of hydrogen-bond donors (Lipinski definition) is 1. The van der Waals surface area contributed by atoms with Crippen LogP contribution in [-0.2, 0) is 6.54 Å². The molecule has 0 aromatic heterocycles. The molecule has 1 unspecified atom stereocenters. The number of aryl methyl sites for hydroxylation is 1. The Morgan fingerprint density at radius 1 is 1.25 bits per heavy atom. The highest BCUT2D eigenvalue weighted by molar-refractivity contribution is 5.51. The van der Waals surface area contributed by atoms with Gasteiger partial charge in [-0.2, -0.15) is 0 Å². The number of hydrogen-bond acceptors (Lipinski definition) is 2. The third kappa shape index (κ3) is 3.35. The van der Waals surface area contributed by atoms with Gasteiger partial charge >= 0.3 is 0 Å². The maximum absolute atomic E-state index is 3.62. The maximum Gasteiger partial charge on any atom is 0.0369 e. The molecule has 1 N–H and O–H groups in total. The summed E-state index contributed by atoms with van der Waals surface area (Å²) < 4.78 is 0. The minimum absolute atomic E-state index is 0.793. The van der Waals surface area contributed by atoms with Crippen LogP contribution in [0.4, 0.5) is 5.69 Å². The van der Waals surface area contributed by atoms with Crippen LogP contribution in [0.2, 0.25) is 0 Å². The highest BCUT2D eigenvalue weighted by atomic mass is 15.1. The summed E-state index contributed by atoms with van der Waals surface area (Å²) in [7, 11) is 0. The number of piperidine rings is 1. The van der Waals surface area contributed by atoms with Gasteiger partial charge in [0.25, 0.3) is 0 Å². The van der Waals surface area contributed by atoms with E-state index in [0.29, 0.717) is 0 Å². The summed E-state index contributed by atoms with van der Waals surface area (Å²) in [6, 6.07) is 7.84. The van der Waals surface area contributed by atoms with E-state index in [1.807, 2.05) is 0 Å². The van der Waals surface area contributed by atoms with Gasteiger partial charge in [-0.25, -0.2) is 0 Å². The van der Waals surface area contributed by atoms with Gasteiger partial charge in [-0.05, 0) is 61.8 Å². The lowest BCUT2D eigenvalue weighted by Gasteiger charge is -2.34. The third-order valence-electron chi connectivity index (χ3n) is 4.95. The van der Waals surface area contributed by atoms with Crippen LogP contribution in [0.3, 0.4) is 0 Å².